The maximum Gasteiger partial charge on any atom is 0.307 e. The van der Waals surface area contributed by atoms with Crippen molar-refractivity contribution in [2.24, 2.45) is 0 Å². The molecule has 0 radical (unpaired) electrons. The van der Waals surface area contributed by atoms with Crippen LogP contribution in [-0.2, 0) is 22.4 Å². The lowest BCUT2D eigenvalue weighted by Crippen LogP contribution is -2.12. The molecule has 2 heterocycles. The number of carbonyl (C=O) groups is 2. The second-order valence-electron chi connectivity index (χ2n) is 7.36. The normalized spacial score (nSPS) is 10.7. The minimum atomic E-state index is -1.09. The highest BCUT2D eigenvalue weighted by atomic mass is 32.1. The van der Waals surface area contributed by atoms with Crippen LogP contribution in [0.1, 0.15) is 11.1 Å². The van der Waals surface area contributed by atoms with E-state index in [1.54, 1.807) is 0 Å². The number of aromatic nitrogens is 4. The van der Waals surface area contributed by atoms with E-state index in [0.29, 0.717) is 33.6 Å². The summed E-state index contributed by atoms with van der Waals surface area (Å²) in [6.45, 7) is 0. The molecule has 10 heteroatoms. The molecule has 34 heavy (non-hydrogen) atoms. The Labute approximate surface area is 204 Å². The van der Waals surface area contributed by atoms with Gasteiger partial charge in [-0.1, -0.05) is 60.7 Å². The van der Waals surface area contributed by atoms with Crippen molar-refractivity contribution < 1.29 is 19.8 Å². The van der Waals surface area contributed by atoms with Crippen LogP contribution in [0.25, 0.3) is 33.9 Å². The highest BCUT2D eigenvalue weighted by Gasteiger charge is 2.24. The fraction of sp³-hybridized carbons (Fsp3) is 0.0833. The molecule has 2 aromatic heterocycles. The number of carboxylic acid groups (broad SMARTS) is 2. The molecule has 0 saturated carbocycles. The predicted octanol–water partition coefficient (Wildman–Crippen LogP) is 4.85. The summed E-state index contributed by atoms with van der Waals surface area (Å²) in [5.41, 5.74) is 3.37. The van der Waals surface area contributed by atoms with E-state index in [9.17, 15) is 19.8 Å². The van der Waals surface area contributed by atoms with Gasteiger partial charge in [0.25, 0.3) is 0 Å². The van der Waals surface area contributed by atoms with Crippen LogP contribution in [0.3, 0.4) is 0 Å². The Hall–Kier alpha value is -4.02. The second-order valence-corrected chi connectivity index (χ2v) is 8.13. The molecule has 0 aliphatic carbocycles. The minimum Gasteiger partial charge on any atom is -0.481 e. The zero-order chi connectivity index (χ0) is 24.2. The molecule has 170 valence electrons. The number of hydrogen-bond acceptors (Lipinski definition) is 6. The van der Waals surface area contributed by atoms with E-state index in [1.807, 2.05) is 60.7 Å². The third kappa shape index (κ3) is 4.98. The highest BCUT2D eigenvalue weighted by molar-refractivity contribution is 7.71. The van der Waals surface area contributed by atoms with Gasteiger partial charge < -0.3 is 20.2 Å². The lowest BCUT2D eigenvalue weighted by atomic mass is 9.95. The van der Waals surface area contributed by atoms with E-state index < -0.39 is 11.9 Å². The van der Waals surface area contributed by atoms with Crippen LogP contribution in [0.4, 0.5) is 0 Å². The van der Waals surface area contributed by atoms with Gasteiger partial charge in [0, 0.05) is 11.1 Å². The molecule has 0 atom stereocenters. The largest absolute Gasteiger partial charge is 0.481 e. The van der Waals surface area contributed by atoms with Crippen LogP contribution in [0.15, 0.2) is 60.7 Å². The van der Waals surface area contributed by atoms with E-state index in [0.717, 1.165) is 0 Å². The molecule has 4 aromatic rings. The van der Waals surface area contributed by atoms with E-state index in [-0.39, 0.29) is 33.8 Å². The van der Waals surface area contributed by atoms with Crippen molar-refractivity contribution in [1.82, 2.24) is 19.9 Å². The molecule has 0 unspecified atom stereocenters. The molecule has 8 nitrogen and oxygen atoms in total. The fourth-order valence-corrected chi connectivity index (χ4v) is 4.12. The van der Waals surface area contributed by atoms with Gasteiger partial charge in [0.2, 0.25) is 0 Å². The van der Waals surface area contributed by atoms with Crippen LogP contribution in [0.5, 0.6) is 0 Å². The van der Waals surface area contributed by atoms with Crippen molar-refractivity contribution in [3.05, 3.63) is 81.3 Å². The van der Waals surface area contributed by atoms with E-state index in [2.05, 4.69) is 19.9 Å². The fourth-order valence-electron chi connectivity index (χ4n) is 3.74. The molecule has 0 spiro atoms. The molecule has 4 rings (SSSR count). The van der Waals surface area contributed by atoms with Gasteiger partial charge in [0.15, 0.2) is 9.54 Å². The topological polar surface area (TPSA) is 132 Å². The van der Waals surface area contributed by atoms with Crippen LogP contribution in [-0.4, -0.2) is 42.1 Å². The quantitative estimate of drug-likeness (QED) is 0.270. The summed E-state index contributed by atoms with van der Waals surface area (Å²) in [7, 11) is 0. The Morgan fingerprint density at radius 3 is 1.35 bits per heavy atom. The average Bonchev–Trinajstić information content (AvgIpc) is 2.81. The first-order valence-electron chi connectivity index (χ1n) is 10.1. The van der Waals surface area contributed by atoms with Crippen molar-refractivity contribution in [3.8, 4) is 33.9 Å². The number of benzene rings is 2. The van der Waals surface area contributed by atoms with Gasteiger partial charge in [-0.2, -0.15) is 0 Å². The van der Waals surface area contributed by atoms with Crippen LogP contribution < -0.4 is 0 Å². The number of aromatic amines is 2. The maximum absolute atomic E-state index is 11.8. The Balaban J connectivity index is 2.10. The summed E-state index contributed by atoms with van der Waals surface area (Å²) in [6.07, 6.45) is -0.780. The van der Waals surface area contributed by atoms with Crippen molar-refractivity contribution >= 4 is 36.4 Å². The zero-order valence-electron chi connectivity index (χ0n) is 17.6. The van der Waals surface area contributed by atoms with E-state index in [1.165, 1.54) is 0 Å². The summed E-state index contributed by atoms with van der Waals surface area (Å²) < 4.78 is 0.206. The van der Waals surface area contributed by atoms with Gasteiger partial charge in [-0.3, -0.25) is 9.59 Å². The van der Waals surface area contributed by atoms with Crippen LogP contribution in [0.2, 0.25) is 0 Å². The van der Waals surface area contributed by atoms with E-state index in [4.69, 9.17) is 24.4 Å². The third-order valence-corrected chi connectivity index (χ3v) is 5.46. The number of hydrogen-bond donors (Lipinski definition) is 4. The summed E-state index contributed by atoms with van der Waals surface area (Å²) in [6, 6.07) is 18.2. The van der Waals surface area contributed by atoms with Crippen molar-refractivity contribution in [2.75, 3.05) is 0 Å². The van der Waals surface area contributed by atoms with Gasteiger partial charge in [-0.05, 0) is 35.6 Å². The van der Waals surface area contributed by atoms with Crippen molar-refractivity contribution in [2.45, 2.75) is 12.8 Å². The molecule has 4 N–H and O–H groups in total. The summed E-state index contributed by atoms with van der Waals surface area (Å²) >= 11 is 10.7. The number of aliphatic carboxylic acids is 2. The number of nitrogens with zero attached hydrogens (tertiary/aromatic N) is 2. The van der Waals surface area contributed by atoms with Crippen LogP contribution >= 0.6 is 24.4 Å². The number of nitrogens with one attached hydrogen (secondary N) is 2. The molecule has 0 aliphatic heterocycles. The minimum absolute atomic E-state index is 0.103. The van der Waals surface area contributed by atoms with Gasteiger partial charge in [0.1, 0.15) is 0 Å². The third-order valence-electron chi connectivity index (χ3n) is 5.07. The lowest BCUT2D eigenvalue weighted by Gasteiger charge is -2.17. The molecule has 0 fully saturated rings. The van der Waals surface area contributed by atoms with Gasteiger partial charge in [-0.25, -0.2) is 9.97 Å². The van der Waals surface area contributed by atoms with Crippen molar-refractivity contribution in [3.63, 3.8) is 0 Å². The molecular weight excluding hydrogens is 472 g/mol. The van der Waals surface area contributed by atoms with Gasteiger partial charge in [-0.15, -0.1) is 0 Å². The number of rotatable bonds is 7. The highest BCUT2D eigenvalue weighted by Crippen LogP contribution is 2.34. The SMILES string of the molecule is O=C(O)Cc1c(-c2nc(=S)[nH]c(-c3ccccc3)c2CC(=O)O)nc(=S)[nH]c1-c1ccccc1. The zero-order valence-corrected chi connectivity index (χ0v) is 19.2. The molecule has 0 saturated heterocycles. The second kappa shape index (κ2) is 9.86. The monoisotopic (exact) mass is 490 g/mol. The molecule has 0 amide bonds. The number of H-pyrrole nitrogens is 2. The Kier molecular flexibility index (Phi) is 6.71. The lowest BCUT2D eigenvalue weighted by molar-refractivity contribution is -0.137. The predicted molar refractivity (Wildman–Crippen MR) is 131 cm³/mol. The van der Waals surface area contributed by atoms with Gasteiger partial charge >= 0.3 is 11.9 Å². The Morgan fingerprint density at radius 1 is 0.676 bits per heavy atom. The summed E-state index contributed by atoms with van der Waals surface area (Å²) in [5.74, 6) is -2.18. The van der Waals surface area contributed by atoms with Gasteiger partial charge in [0.05, 0.1) is 35.6 Å². The Morgan fingerprint density at radius 2 is 1.03 bits per heavy atom. The standard InChI is InChI=1S/C24H18N4O4S2/c29-17(30)11-15-19(13-7-3-1-4-8-13)25-23(33)27-21(15)22-16(12-18(31)32)20(26-24(34)28-22)14-9-5-2-6-10-14/h1-10H,11-12H2,(H,29,30)(H,31,32)(H,25,27,33)(H,26,28,34). The number of carboxylic acids is 2. The summed E-state index contributed by atoms with van der Waals surface area (Å²) in [5, 5.41) is 19.3. The first kappa shape index (κ1) is 23.1. The smallest absolute Gasteiger partial charge is 0.307 e. The molecular formula is C24H18N4O4S2. The van der Waals surface area contributed by atoms with E-state index >= 15 is 0 Å². The first-order chi connectivity index (χ1) is 16.3. The first-order valence-corrected chi connectivity index (χ1v) is 11.0. The average molecular weight is 491 g/mol. The van der Waals surface area contributed by atoms with Crippen molar-refractivity contribution in [1.29, 1.82) is 0 Å². The molecule has 0 aliphatic rings. The summed E-state index contributed by atoms with van der Waals surface area (Å²) in [4.78, 5) is 38.5. The maximum atomic E-state index is 11.8. The molecule has 0 bridgehead atoms. The Bertz CT molecular complexity index is 1380. The molecule has 2 aromatic carbocycles. The van der Waals surface area contributed by atoms with Crippen LogP contribution in [0, 0.1) is 9.54 Å².